The molecule has 1 fully saturated rings. The maximum atomic E-state index is 12.4. The predicted molar refractivity (Wildman–Crippen MR) is 99.8 cm³/mol. The summed E-state index contributed by atoms with van der Waals surface area (Å²) in [7, 11) is 0. The number of carbonyl (C=O) groups excluding carboxylic acids is 2. The summed E-state index contributed by atoms with van der Waals surface area (Å²) >= 11 is 6.32. The monoisotopic (exact) mass is 391 g/mol. The summed E-state index contributed by atoms with van der Waals surface area (Å²) in [6.45, 7) is 2.90. The lowest BCUT2D eigenvalue weighted by molar-refractivity contribution is -0.124. The van der Waals surface area contributed by atoms with Crippen LogP contribution in [0.3, 0.4) is 0 Å². The van der Waals surface area contributed by atoms with Gasteiger partial charge in [-0.25, -0.2) is 9.48 Å². The van der Waals surface area contributed by atoms with Gasteiger partial charge in [0.25, 0.3) is 5.91 Å². The molecule has 1 aliphatic heterocycles. The van der Waals surface area contributed by atoms with Gasteiger partial charge < -0.3 is 14.8 Å². The zero-order valence-corrected chi connectivity index (χ0v) is 15.9. The molecule has 1 aromatic carbocycles. The van der Waals surface area contributed by atoms with Gasteiger partial charge in [-0.15, -0.1) is 0 Å². The minimum Gasteiger partial charge on any atom is -0.452 e. The van der Waals surface area contributed by atoms with E-state index in [1.54, 1.807) is 11.6 Å². The first-order valence-corrected chi connectivity index (χ1v) is 9.24. The highest BCUT2D eigenvalue weighted by molar-refractivity contribution is 6.32. The first-order valence-electron chi connectivity index (χ1n) is 8.87. The molecule has 1 saturated heterocycles. The molecule has 1 aliphatic rings. The smallest absolute Gasteiger partial charge is 0.343 e. The third-order valence-electron chi connectivity index (χ3n) is 4.33. The Balaban J connectivity index is 1.55. The third-order valence-corrected chi connectivity index (χ3v) is 4.71. The van der Waals surface area contributed by atoms with E-state index in [9.17, 15) is 9.59 Å². The highest BCUT2D eigenvalue weighted by Gasteiger charge is 2.23. The average Bonchev–Trinajstić information content (AvgIpc) is 3.27. The second kappa shape index (κ2) is 9.01. The van der Waals surface area contributed by atoms with Gasteiger partial charge >= 0.3 is 5.97 Å². The lowest BCUT2D eigenvalue weighted by Gasteiger charge is -2.11. The Morgan fingerprint density at radius 1 is 1.37 bits per heavy atom. The van der Waals surface area contributed by atoms with Gasteiger partial charge in [0.1, 0.15) is 10.7 Å². The molecule has 0 bridgehead atoms. The number of hydrogen-bond donors (Lipinski definition) is 1. The van der Waals surface area contributed by atoms with Crippen molar-refractivity contribution < 1.29 is 19.1 Å². The lowest BCUT2D eigenvalue weighted by Crippen LogP contribution is -2.34. The van der Waals surface area contributed by atoms with E-state index in [0.29, 0.717) is 18.8 Å². The molecule has 0 saturated carbocycles. The molecule has 8 heteroatoms. The van der Waals surface area contributed by atoms with Gasteiger partial charge in [0.2, 0.25) is 0 Å². The van der Waals surface area contributed by atoms with E-state index in [4.69, 9.17) is 21.1 Å². The van der Waals surface area contributed by atoms with E-state index in [-0.39, 0.29) is 29.3 Å². The van der Waals surface area contributed by atoms with E-state index in [1.807, 2.05) is 30.3 Å². The van der Waals surface area contributed by atoms with E-state index in [2.05, 4.69) is 10.4 Å². The summed E-state index contributed by atoms with van der Waals surface area (Å²) in [5.41, 5.74) is 1.65. The lowest BCUT2D eigenvalue weighted by atomic mass is 10.2. The topological polar surface area (TPSA) is 82.5 Å². The Bertz CT molecular complexity index is 801. The molecule has 2 heterocycles. The van der Waals surface area contributed by atoms with Crippen LogP contribution in [0.15, 0.2) is 30.3 Å². The average molecular weight is 392 g/mol. The van der Waals surface area contributed by atoms with E-state index < -0.39 is 5.97 Å². The second-order valence-corrected chi connectivity index (χ2v) is 6.77. The molecular formula is C19H22ClN3O4. The number of nitrogens with one attached hydrogen (secondary N) is 1. The molecule has 27 heavy (non-hydrogen) atoms. The van der Waals surface area contributed by atoms with E-state index >= 15 is 0 Å². The minimum atomic E-state index is -0.663. The van der Waals surface area contributed by atoms with Gasteiger partial charge in [0.15, 0.2) is 6.61 Å². The molecule has 1 atom stereocenters. The standard InChI is InChI=1S/C19H22ClN3O4/c1-13-17(18(20)23(22-13)11-14-6-3-2-4-7-14)19(25)27-12-16(24)21-10-15-8-5-9-26-15/h2-4,6-7,15H,5,8-12H2,1H3,(H,21,24). The zero-order valence-electron chi connectivity index (χ0n) is 15.1. The number of rotatable bonds is 7. The fourth-order valence-electron chi connectivity index (χ4n) is 2.93. The fraction of sp³-hybridized carbons (Fsp3) is 0.421. The van der Waals surface area contributed by atoms with Crippen LogP contribution in [0.2, 0.25) is 5.15 Å². The number of carbonyl (C=O) groups is 2. The van der Waals surface area contributed by atoms with Crippen LogP contribution in [0.25, 0.3) is 0 Å². The normalized spacial score (nSPS) is 16.3. The number of hydrogen-bond acceptors (Lipinski definition) is 5. The summed E-state index contributed by atoms with van der Waals surface area (Å²) in [5.74, 6) is -1.03. The molecule has 2 aromatic rings. The third kappa shape index (κ3) is 5.08. The van der Waals surface area contributed by atoms with E-state index in [0.717, 1.165) is 25.0 Å². The Labute approximate surface area is 162 Å². The van der Waals surface area contributed by atoms with Crippen molar-refractivity contribution >= 4 is 23.5 Å². The largest absolute Gasteiger partial charge is 0.452 e. The Morgan fingerprint density at radius 2 is 2.15 bits per heavy atom. The minimum absolute atomic E-state index is 0.0394. The van der Waals surface area contributed by atoms with Crippen molar-refractivity contribution in [1.29, 1.82) is 0 Å². The Hall–Kier alpha value is -2.38. The molecular weight excluding hydrogens is 370 g/mol. The maximum Gasteiger partial charge on any atom is 0.343 e. The molecule has 0 spiro atoms. The first kappa shape index (κ1) is 19.4. The van der Waals surface area contributed by atoms with Crippen molar-refractivity contribution in [3.63, 3.8) is 0 Å². The molecule has 0 aliphatic carbocycles. The Kier molecular flexibility index (Phi) is 6.47. The molecule has 3 rings (SSSR count). The van der Waals surface area contributed by atoms with Gasteiger partial charge in [0.05, 0.1) is 18.3 Å². The second-order valence-electron chi connectivity index (χ2n) is 6.41. The number of halogens is 1. The molecule has 7 nitrogen and oxygen atoms in total. The Morgan fingerprint density at radius 3 is 2.85 bits per heavy atom. The van der Waals surface area contributed by atoms with Crippen molar-refractivity contribution in [1.82, 2.24) is 15.1 Å². The van der Waals surface area contributed by atoms with Gasteiger partial charge in [-0.1, -0.05) is 41.9 Å². The number of nitrogens with zero attached hydrogens (tertiary/aromatic N) is 2. The summed E-state index contributed by atoms with van der Waals surface area (Å²) in [4.78, 5) is 24.2. The van der Waals surface area contributed by atoms with Crippen LogP contribution in [0.5, 0.6) is 0 Å². The van der Waals surface area contributed by atoms with Gasteiger partial charge in [-0.05, 0) is 25.3 Å². The SMILES string of the molecule is Cc1nn(Cc2ccccc2)c(Cl)c1C(=O)OCC(=O)NCC1CCCO1. The van der Waals surface area contributed by atoms with Crippen molar-refractivity contribution in [2.24, 2.45) is 0 Å². The number of esters is 1. The number of benzene rings is 1. The quantitative estimate of drug-likeness (QED) is 0.732. The predicted octanol–water partition coefficient (Wildman–Crippen LogP) is 2.35. The van der Waals surface area contributed by atoms with Crippen LogP contribution >= 0.6 is 11.6 Å². The van der Waals surface area contributed by atoms with Crippen LogP contribution in [0.4, 0.5) is 0 Å². The molecule has 1 amide bonds. The van der Waals surface area contributed by atoms with Crippen LogP contribution in [-0.2, 0) is 20.8 Å². The molecule has 0 radical (unpaired) electrons. The van der Waals surface area contributed by atoms with E-state index in [1.165, 1.54) is 0 Å². The summed E-state index contributed by atoms with van der Waals surface area (Å²) < 4.78 is 12.1. The number of aromatic nitrogens is 2. The number of amides is 1. The molecule has 144 valence electrons. The van der Waals surface area contributed by atoms with Crippen molar-refractivity contribution in [2.75, 3.05) is 19.8 Å². The summed E-state index contributed by atoms with van der Waals surface area (Å²) in [5, 5.41) is 7.21. The van der Waals surface area contributed by atoms with Gasteiger partial charge in [0, 0.05) is 13.2 Å². The summed E-state index contributed by atoms with van der Waals surface area (Å²) in [6.07, 6.45) is 1.97. The fourth-order valence-corrected chi connectivity index (χ4v) is 3.25. The van der Waals surface area contributed by atoms with Crippen LogP contribution in [-0.4, -0.2) is 47.5 Å². The van der Waals surface area contributed by atoms with Crippen LogP contribution in [0, 0.1) is 6.92 Å². The highest BCUT2D eigenvalue weighted by Crippen LogP contribution is 2.22. The maximum absolute atomic E-state index is 12.4. The first-order chi connectivity index (χ1) is 13.0. The highest BCUT2D eigenvalue weighted by atomic mass is 35.5. The van der Waals surface area contributed by atoms with Crippen LogP contribution in [0.1, 0.15) is 34.5 Å². The molecule has 1 unspecified atom stereocenters. The molecule has 1 N–H and O–H groups in total. The zero-order chi connectivity index (χ0) is 19.2. The van der Waals surface area contributed by atoms with Crippen LogP contribution < -0.4 is 5.32 Å². The van der Waals surface area contributed by atoms with Crippen molar-refractivity contribution in [2.45, 2.75) is 32.4 Å². The number of aryl methyl sites for hydroxylation is 1. The van der Waals surface area contributed by atoms with Gasteiger partial charge in [-0.3, -0.25) is 4.79 Å². The number of ether oxygens (including phenoxy) is 2. The van der Waals surface area contributed by atoms with Crippen molar-refractivity contribution in [3.8, 4) is 0 Å². The molecule has 1 aromatic heterocycles. The van der Waals surface area contributed by atoms with Gasteiger partial charge in [-0.2, -0.15) is 5.10 Å². The summed E-state index contributed by atoms with van der Waals surface area (Å²) in [6, 6.07) is 9.66. The van der Waals surface area contributed by atoms with Crippen molar-refractivity contribution in [3.05, 3.63) is 52.3 Å².